The van der Waals surface area contributed by atoms with Crippen molar-refractivity contribution in [2.75, 3.05) is 13.1 Å². The molecule has 23 heavy (non-hydrogen) atoms. The van der Waals surface area contributed by atoms with Gasteiger partial charge in [0.05, 0.1) is 0 Å². The summed E-state index contributed by atoms with van der Waals surface area (Å²) in [6.07, 6.45) is 3.13. The van der Waals surface area contributed by atoms with E-state index in [2.05, 4.69) is 4.98 Å². The van der Waals surface area contributed by atoms with Crippen molar-refractivity contribution in [3.63, 3.8) is 0 Å². The number of carbonyl (C=O) groups excluding carboxylic acids is 2. The van der Waals surface area contributed by atoms with E-state index < -0.39 is 0 Å². The van der Waals surface area contributed by atoms with E-state index in [1.54, 1.807) is 12.3 Å². The molecule has 1 aromatic heterocycles. The van der Waals surface area contributed by atoms with Crippen LogP contribution in [0.3, 0.4) is 0 Å². The number of likely N-dealkylation sites (tertiary alicyclic amines) is 1. The second-order valence-corrected chi connectivity index (χ2v) is 6.02. The predicted molar refractivity (Wildman–Crippen MR) is 88.4 cm³/mol. The third-order valence-electron chi connectivity index (χ3n) is 4.34. The van der Waals surface area contributed by atoms with Crippen molar-refractivity contribution in [3.8, 4) is 0 Å². The summed E-state index contributed by atoms with van der Waals surface area (Å²) in [4.78, 5) is 31.0. The third-order valence-corrected chi connectivity index (χ3v) is 4.34. The van der Waals surface area contributed by atoms with Crippen molar-refractivity contribution in [2.24, 2.45) is 5.92 Å². The van der Waals surface area contributed by atoms with E-state index in [1.165, 1.54) is 0 Å². The van der Waals surface area contributed by atoms with Crippen LogP contribution in [0, 0.1) is 12.8 Å². The van der Waals surface area contributed by atoms with Gasteiger partial charge in [0.2, 0.25) is 0 Å². The van der Waals surface area contributed by atoms with Crippen molar-refractivity contribution in [1.82, 2.24) is 9.88 Å². The molecule has 118 valence electrons. The van der Waals surface area contributed by atoms with Crippen molar-refractivity contribution < 1.29 is 9.59 Å². The summed E-state index contributed by atoms with van der Waals surface area (Å²) < 4.78 is 0. The normalized spacial score (nSPS) is 15.4. The summed E-state index contributed by atoms with van der Waals surface area (Å²) in [5.74, 6) is 0.104. The number of ketones is 1. The summed E-state index contributed by atoms with van der Waals surface area (Å²) >= 11 is 0. The van der Waals surface area contributed by atoms with E-state index in [1.807, 2.05) is 48.2 Å². The van der Waals surface area contributed by atoms with Crippen molar-refractivity contribution in [3.05, 3.63) is 65.5 Å². The first kappa shape index (κ1) is 15.4. The Balaban J connectivity index is 1.61. The lowest BCUT2D eigenvalue weighted by atomic mass is 9.90. The lowest BCUT2D eigenvalue weighted by molar-refractivity contribution is 0.0649. The van der Waals surface area contributed by atoms with Gasteiger partial charge < -0.3 is 4.90 Å². The second-order valence-electron chi connectivity index (χ2n) is 6.02. The summed E-state index contributed by atoms with van der Waals surface area (Å²) in [6, 6.07) is 13.0. The quantitative estimate of drug-likeness (QED) is 0.819. The molecule has 1 amide bonds. The van der Waals surface area contributed by atoms with E-state index in [4.69, 9.17) is 0 Å². The molecule has 1 aliphatic rings. The Morgan fingerprint density at radius 2 is 1.74 bits per heavy atom. The standard InChI is InChI=1S/C19H20N2O2/c1-14-7-8-17(20-13-14)18(22)15-9-11-21(12-10-15)19(23)16-5-3-2-4-6-16/h2-8,13,15H,9-12H2,1H3. The number of benzene rings is 1. The molecule has 0 saturated carbocycles. The Labute approximate surface area is 136 Å². The summed E-state index contributed by atoms with van der Waals surface area (Å²) in [5, 5.41) is 0. The van der Waals surface area contributed by atoms with Crippen molar-refractivity contribution in [2.45, 2.75) is 19.8 Å². The lowest BCUT2D eigenvalue weighted by Crippen LogP contribution is -2.40. The van der Waals surface area contributed by atoms with Crippen LogP contribution in [0.1, 0.15) is 39.3 Å². The van der Waals surface area contributed by atoms with Crippen LogP contribution < -0.4 is 0 Å². The first-order valence-electron chi connectivity index (χ1n) is 7.96. The van der Waals surface area contributed by atoms with Crippen LogP contribution >= 0.6 is 0 Å². The fourth-order valence-electron chi connectivity index (χ4n) is 2.93. The zero-order chi connectivity index (χ0) is 16.2. The van der Waals surface area contributed by atoms with Gasteiger partial charge in [0.25, 0.3) is 5.91 Å². The number of Topliss-reactive ketones (excluding diaryl/α,β-unsaturated/α-hetero) is 1. The molecule has 0 atom stereocenters. The maximum absolute atomic E-state index is 12.5. The van der Waals surface area contributed by atoms with Gasteiger partial charge in [-0.25, -0.2) is 0 Å². The van der Waals surface area contributed by atoms with Gasteiger partial charge in [0, 0.05) is 30.8 Å². The minimum absolute atomic E-state index is 0.0370. The molecule has 0 aliphatic carbocycles. The molecule has 4 heteroatoms. The minimum atomic E-state index is -0.0370. The van der Waals surface area contributed by atoms with Crippen LogP contribution in [-0.4, -0.2) is 34.7 Å². The van der Waals surface area contributed by atoms with Crippen LogP contribution in [0.4, 0.5) is 0 Å². The van der Waals surface area contributed by atoms with E-state index in [0.29, 0.717) is 37.2 Å². The number of hydrogen-bond acceptors (Lipinski definition) is 3. The van der Waals surface area contributed by atoms with E-state index in [-0.39, 0.29) is 17.6 Å². The van der Waals surface area contributed by atoms with E-state index in [9.17, 15) is 9.59 Å². The van der Waals surface area contributed by atoms with Gasteiger partial charge >= 0.3 is 0 Å². The molecule has 1 aliphatic heterocycles. The van der Waals surface area contributed by atoms with Crippen molar-refractivity contribution >= 4 is 11.7 Å². The molecule has 0 spiro atoms. The van der Waals surface area contributed by atoms with E-state index >= 15 is 0 Å². The number of pyridine rings is 1. The molecule has 1 saturated heterocycles. The molecule has 2 heterocycles. The SMILES string of the molecule is Cc1ccc(C(=O)C2CCN(C(=O)c3ccccc3)CC2)nc1. The van der Waals surface area contributed by atoms with Crippen LogP contribution in [0.2, 0.25) is 0 Å². The topological polar surface area (TPSA) is 50.3 Å². The lowest BCUT2D eigenvalue weighted by Gasteiger charge is -2.31. The molecule has 0 bridgehead atoms. The van der Waals surface area contributed by atoms with Crippen LogP contribution in [0.15, 0.2) is 48.7 Å². The average molecular weight is 308 g/mol. The van der Waals surface area contributed by atoms with Gasteiger partial charge in [0.1, 0.15) is 5.69 Å². The summed E-state index contributed by atoms with van der Waals surface area (Å²) in [7, 11) is 0. The number of rotatable bonds is 3. The summed E-state index contributed by atoms with van der Waals surface area (Å²) in [5.41, 5.74) is 2.28. The zero-order valence-corrected chi connectivity index (χ0v) is 13.2. The molecule has 1 aromatic carbocycles. The van der Waals surface area contributed by atoms with Crippen LogP contribution in [0.5, 0.6) is 0 Å². The minimum Gasteiger partial charge on any atom is -0.339 e. The molecule has 2 aromatic rings. The van der Waals surface area contributed by atoms with Crippen LogP contribution in [0.25, 0.3) is 0 Å². The number of aromatic nitrogens is 1. The predicted octanol–water partition coefficient (Wildman–Crippen LogP) is 3.13. The zero-order valence-electron chi connectivity index (χ0n) is 13.2. The molecule has 4 nitrogen and oxygen atoms in total. The first-order chi connectivity index (χ1) is 11.1. The average Bonchev–Trinajstić information content (AvgIpc) is 2.62. The number of piperidine rings is 1. The Kier molecular flexibility index (Phi) is 4.51. The molecular weight excluding hydrogens is 288 g/mol. The van der Waals surface area contributed by atoms with Gasteiger partial charge in [-0.2, -0.15) is 0 Å². The van der Waals surface area contributed by atoms with Gasteiger partial charge in [0.15, 0.2) is 5.78 Å². The molecule has 0 radical (unpaired) electrons. The molecule has 0 unspecified atom stereocenters. The number of amides is 1. The molecule has 1 fully saturated rings. The monoisotopic (exact) mass is 308 g/mol. The Morgan fingerprint density at radius 3 is 2.35 bits per heavy atom. The maximum atomic E-state index is 12.5. The fourth-order valence-corrected chi connectivity index (χ4v) is 2.93. The smallest absolute Gasteiger partial charge is 0.253 e. The number of carbonyl (C=O) groups is 2. The highest BCUT2D eigenvalue weighted by Gasteiger charge is 2.28. The number of hydrogen-bond donors (Lipinski definition) is 0. The maximum Gasteiger partial charge on any atom is 0.253 e. The third kappa shape index (κ3) is 3.47. The summed E-state index contributed by atoms with van der Waals surface area (Å²) in [6.45, 7) is 3.20. The Bertz CT molecular complexity index is 687. The first-order valence-corrected chi connectivity index (χ1v) is 7.96. The second kappa shape index (κ2) is 6.73. The number of aryl methyl sites for hydroxylation is 1. The fraction of sp³-hybridized carbons (Fsp3) is 0.316. The Morgan fingerprint density at radius 1 is 1.04 bits per heavy atom. The molecular formula is C19H20N2O2. The highest BCUT2D eigenvalue weighted by Crippen LogP contribution is 2.22. The van der Waals surface area contributed by atoms with Crippen LogP contribution in [-0.2, 0) is 0 Å². The van der Waals surface area contributed by atoms with Gasteiger partial charge in [-0.05, 0) is 43.5 Å². The molecule has 0 N–H and O–H groups in total. The highest BCUT2D eigenvalue weighted by atomic mass is 16.2. The van der Waals surface area contributed by atoms with Gasteiger partial charge in [-0.15, -0.1) is 0 Å². The van der Waals surface area contributed by atoms with Gasteiger partial charge in [-0.1, -0.05) is 24.3 Å². The van der Waals surface area contributed by atoms with E-state index in [0.717, 1.165) is 5.56 Å². The largest absolute Gasteiger partial charge is 0.339 e. The van der Waals surface area contributed by atoms with Crippen molar-refractivity contribution in [1.29, 1.82) is 0 Å². The molecule has 3 rings (SSSR count). The highest BCUT2D eigenvalue weighted by molar-refractivity contribution is 5.97. The van der Waals surface area contributed by atoms with Gasteiger partial charge in [-0.3, -0.25) is 14.6 Å². The number of nitrogens with zero attached hydrogens (tertiary/aromatic N) is 2. The Hall–Kier alpha value is -2.49.